The fourth-order valence-electron chi connectivity index (χ4n) is 2.64. The number of halogens is 2. The van der Waals surface area contributed by atoms with Crippen molar-refractivity contribution < 1.29 is 9.50 Å². The molecule has 1 N–H and O–H groups in total. The first kappa shape index (κ1) is 16.4. The standard InChI is InChI=1S/C15H22FNO.ClH/c1-12(11-17-9-3-2-4-10-17)15(18)13-5-7-14(16)8-6-13;/h5-8,12,15,18H,2-4,9-11H2,1H3;1H. The smallest absolute Gasteiger partial charge is 0.123 e. The maximum absolute atomic E-state index is 12.8. The number of aliphatic hydroxyl groups is 1. The van der Waals surface area contributed by atoms with Crippen LogP contribution in [0.15, 0.2) is 24.3 Å². The maximum atomic E-state index is 12.8. The average molecular weight is 288 g/mol. The Bertz CT molecular complexity index is 365. The van der Waals surface area contributed by atoms with E-state index in [9.17, 15) is 9.50 Å². The molecule has 1 aliphatic rings. The van der Waals surface area contributed by atoms with Crippen molar-refractivity contribution in [3.8, 4) is 0 Å². The lowest BCUT2D eigenvalue weighted by Crippen LogP contribution is -2.35. The molecule has 0 aliphatic carbocycles. The summed E-state index contributed by atoms with van der Waals surface area (Å²) in [6.07, 6.45) is 3.34. The molecule has 1 fully saturated rings. The first-order chi connectivity index (χ1) is 8.66. The van der Waals surface area contributed by atoms with Crippen LogP contribution in [0.5, 0.6) is 0 Å². The SMILES string of the molecule is CC(CN1CCCCC1)C(O)c1ccc(F)cc1.Cl. The van der Waals surface area contributed by atoms with Gasteiger partial charge in [0.15, 0.2) is 0 Å². The van der Waals surface area contributed by atoms with Crippen LogP contribution in [-0.2, 0) is 0 Å². The van der Waals surface area contributed by atoms with E-state index in [0.29, 0.717) is 0 Å². The highest BCUT2D eigenvalue weighted by molar-refractivity contribution is 5.85. The van der Waals surface area contributed by atoms with E-state index in [2.05, 4.69) is 11.8 Å². The summed E-state index contributed by atoms with van der Waals surface area (Å²) in [7, 11) is 0. The van der Waals surface area contributed by atoms with E-state index >= 15 is 0 Å². The van der Waals surface area contributed by atoms with Crippen LogP contribution >= 0.6 is 12.4 Å². The van der Waals surface area contributed by atoms with Gasteiger partial charge in [0.05, 0.1) is 6.10 Å². The van der Waals surface area contributed by atoms with E-state index in [0.717, 1.165) is 25.2 Å². The first-order valence-electron chi connectivity index (χ1n) is 6.82. The van der Waals surface area contributed by atoms with Crippen molar-refractivity contribution in [2.45, 2.75) is 32.3 Å². The lowest BCUT2D eigenvalue weighted by molar-refractivity contribution is 0.0819. The molecule has 1 heterocycles. The van der Waals surface area contributed by atoms with Crippen LogP contribution in [0.3, 0.4) is 0 Å². The van der Waals surface area contributed by atoms with Gasteiger partial charge in [-0.25, -0.2) is 4.39 Å². The van der Waals surface area contributed by atoms with Crippen LogP contribution in [0.25, 0.3) is 0 Å². The molecule has 1 saturated heterocycles. The number of aliphatic hydroxyl groups excluding tert-OH is 1. The highest BCUT2D eigenvalue weighted by atomic mass is 35.5. The third-order valence-corrected chi connectivity index (χ3v) is 3.75. The molecule has 0 spiro atoms. The molecule has 0 saturated carbocycles. The van der Waals surface area contributed by atoms with Crippen molar-refractivity contribution in [2.75, 3.05) is 19.6 Å². The van der Waals surface area contributed by atoms with Crippen LogP contribution in [0.1, 0.15) is 37.9 Å². The fourth-order valence-corrected chi connectivity index (χ4v) is 2.64. The number of rotatable bonds is 4. The molecule has 108 valence electrons. The van der Waals surface area contributed by atoms with Gasteiger partial charge in [0.1, 0.15) is 5.82 Å². The molecule has 19 heavy (non-hydrogen) atoms. The first-order valence-corrected chi connectivity index (χ1v) is 6.82. The summed E-state index contributed by atoms with van der Waals surface area (Å²) in [4.78, 5) is 2.42. The molecule has 0 radical (unpaired) electrons. The van der Waals surface area contributed by atoms with Gasteiger partial charge in [-0.1, -0.05) is 25.5 Å². The third kappa shape index (κ3) is 4.75. The molecule has 2 atom stereocenters. The minimum Gasteiger partial charge on any atom is -0.388 e. The Kier molecular flexibility index (Phi) is 6.76. The summed E-state index contributed by atoms with van der Waals surface area (Å²) in [5.41, 5.74) is 0.806. The number of nitrogens with zero attached hydrogens (tertiary/aromatic N) is 1. The van der Waals surface area contributed by atoms with Gasteiger partial charge < -0.3 is 10.0 Å². The second-order valence-electron chi connectivity index (χ2n) is 5.33. The Labute approximate surface area is 121 Å². The summed E-state index contributed by atoms with van der Waals surface area (Å²) in [6.45, 7) is 5.25. The zero-order valence-electron chi connectivity index (χ0n) is 11.4. The van der Waals surface area contributed by atoms with Crippen LogP contribution in [0, 0.1) is 11.7 Å². The van der Waals surface area contributed by atoms with Gasteiger partial charge in [0.25, 0.3) is 0 Å². The maximum Gasteiger partial charge on any atom is 0.123 e. The summed E-state index contributed by atoms with van der Waals surface area (Å²) >= 11 is 0. The second kappa shape index (κ2) is 7.83. The second-order valence-corrected chi connectivity index (χ2v) is 5.33. The highest BCUT2D eigenvalue weighted by Crippen LogP contribution is 2.23. The van der Waals surface area contributed by atoms with E-state index in [1.54, 1.807) is 12.1 Å². The van der Waals surface area contributed by atoms with Gasteiger partial charge in [0, 0.05) is 6.54 Å². The quantitative estimate of drug-likeness (QED) is 0.917. The molecular formula is C15H23ClFNO. The summed E-state index contributed by atoms with van der Waals surface area (Å²) in [5, 5.41) is 10.3. The monoisotopic (exact) mass is 287 g/mol. The molecule has 0 bridgehead atoms. The lowest BCUT2D eigenvalue weighted by atomic mass is 9.96. The predicted octanol–water partition coefficient (Wildman–Crippen LogP) is 3.40. The van der Waals surface area contributed by atoms with E-state index in [1.807, 2.05) is 0 Å². The Morgan fingerprint density at radius 2 is 1.74 bits per heavy atom. The molecule has 2 nitrogen and oxygen atoms in total. The van der Waals surface area contributed by atoms with Gasteiger partial charge in [-0.2, -0.15) is 0 Å². The fraction of sp³-hybridized carbons (Fsp3) is 0.600. The Hall–Kier alpha value is -0.640. The van der Waals surface area contributed by atoms with E-state index in [4.69, 9.17) is 0 Å². The molecule has 2 unspecified atom stereocenters. The Morgan fingerprint density at radius 3 is 2.32 bits per heavy atom. The van der Waals surface area contributed by atoms with Gasteiger partial charge in [0.2, 0.25) is 0 Å². The van der Waals surface area contributed by atoms with Gasteiger partial charge in [-0.3, -0.25) is 0 Å². The van der Waals surface area contributed by atoms with Crippen LogP contribution in [-0.4, -0.2) is 29.6 Å². The van der Waals surface area contributed by atoms with E-state index in [1.165, 1.54) is 31.4 Å². The normalized spacial score (nSPS) is 19.5. The highest BCUT2D eigenvalue weighted by Gasteiger charge is 2.20. The van der Waals surface area contributed by atoms with Gasteiger partial charge in [-0.05, 0) is 49.5 Å². The van der Waals surface area contributed by atoms with Crippen LogP contribution < -0.4 is 0 Å². The van der Waals surface area contributed by atoms with Crippen molar-refractivity contribution in [2.24, 2.45) is 5.92 Å². The molecule has 1 aromatic rings. The number of benzene rings is 1. The molecule has 1 aromatic carbocycles. The summed E-state index contributed by atoms with van der Waals surface area (Å²) < 4.78 is 12.8. The minimum atomic E-state index is -0.507. The number of hydrogen-bond acceptors (Lipinski definition) is 2. The Balaban J connectivity index is 0.00000180. The topological polar surface area (TPSA) is 23.5 Å². The van der Waals surface area contributed by atoms with Gasteiger partial charge in [-0.15, -0.1) is 12.4 Å². The number of hydrogen-bond donors (Lipinski definition) is 1. The van der Waals surface area contributed by atoms with E-state index in [-0.39, 0.29) is 24.1 Å². The van der Waals surface area contributed by atoms with Crippen molar-refractivity contribution in [3.05, 3.63) is 35.6 Å². The zero-order chi connectivity index (χ0) is 13.0. The lowest BCUT2D eigenvalue weighted by Gasteiger charge is -2.31. The molecule has 2 rings (SSSR count). The molecule has 4 heteroatoms. The van der Waals surface area contributed by atoms with Crippen molar-refractivity contribution in [1.82, 2.24) is 4.90 Å². The Morgan fingerprint density at radius 1 is 1.16 bits per heavy atom. The molecular weight excluding hydrogens is 265 g/mol. The minimum absolute atomic E-state index is 0. The van der Waals surface area contributed by atoms with Crippen LogP contribution in [0.2, 0.25) is 0 Å². The van der Waals surface area contributed by atoms with Crippen molar-refractivity contribution in [1.29, 1.82) is 0 Å². The predicted molar refractivity (Wildman–Crippen MR) is 78.1 cm³/mol. The molecule has 0 aromatic heterocycles. The summed E-state index contributed by atoms with van der Waals surface area (Å²) in [5.74, 6) is -0.0804. The third-order valence-electron chi connectivity index (χ3n) is 3.75. The van der Waals surface area contributed by atoms with Gasteiger partial charge >= 0.3 is 0 Å². The van der Waals surface area contributed by atoms with Crippen LogP contribution in [0.4, 0.5) is 4.39 Å². The van der Waals surface area contributed by atoms with E-state index < -0.39 is 6.10 Å². The van der Waals surface area contributed by atoms with Crippen molar-refractivity contribution in [3.63, 3.8) is 0 Å². The summed E-state index contributed by atoms with van der Waals surface area (Å²) in [6, 6.07) is 6.16. The molecule has 1 aliphatic heterocycles. The largest absolute Gasteiger partial charge is 0.388 e. The zero-order valence-corrected chi connectivity index (χ0v) is 12.2. The molecule has 0 amide bonds. The number of piperidine rings is 1. The number of likely N-dealkylation sites (tertiary alicyclic amines) is 1. The average Bonchev–Trinajstić information content (AvgIpc) is 2.40. The van der Waals surface area contributed by atoms with Crippen molar-refractivity contribution >= 4 is 12.4 Å².